The fourth-order valence-electron chi connectivity index (χ4n) is 1.82. The number of nitrogens with two attached hydrogens (primary N) is 1. The number of nitrogens with one attached hydrogen (secondary N) is 1. The van der Waals surface area contributed by atoms with Crippen LogP contribution in [0, 0.1) is 0 Å². The first-order valence-corrected chi connectivity index (χ1v) is 5.53. The molecule has 17 heavy (non-hydrogen) atoms. The molecule has 1 saturated heterocycles. The average Bonchev–Trinajstić information content (AvgIpc) is 2.75. The zero-order valence-electron chi connectivity index (χ0n) is 9.52. The highest BCUT2D eigenvalue weighted by atomic mass is 16.4. The quantitative estimate of drug-likeness (QED) is 0.527. The Morgan fingerprint density at radius 3 is 2.35 bits per heavy atom. The summed E-state index contributed by atoms with van der Waals surface area (Å²) in [4.78, 5) is 34.9. The Balaban J connectivity index is 2.56. The number of likely N-dealkylation sites (tertiary alicyclic amines) is 1. The van der Waals surface area contributed by atoms with Gasteiger partial charge in [0.15, 0.2) is 0 Å². The van der Waals surface area contributed by atoms with Crippen LogP contribution in [0.5, 0.6) is 0 Å². The number of carbonyl (C=O) groups is 3. The Labute approximate surface area is 98.9 Å². The third-order valence-corrected chi connectivity index (χ3v) is 2.62. The molecule has 2 amide bonds. The smallest absolute Gasteiger partial charge is 0.317 e. The van der Waals surface area contributed by atoms with Crippen molar-refractivity contribution in [2.24, 2.45) is 5.73 Å². The fraction of sp³-hybridized carbons (Fsp3) is 0.700. The van der Waals surface area contributed by atoms with E-state index in [0.717, 1.165) is 12.8 Å². The molecule has 1 aliphatic heterocycles. The molecule has 0 aromatic rings. The van der Waals surface area contributed by atoms with Gasteiger partial charge in [0.2, 0.25) is 11.8 Å². The van der Waals surface area contributed by atoms with Crippen LogP contribution in [-0.2, 0) is 14.4 Å². The van der Waals surface area contributed by atoms with Crippen LogP contribution in [0.3, 0.4) is 0 Å². The van der Waals surface area contributed by atoms with Crippen molar-refractivity contribution in [1.82, 2.24) is 10.2 Å². The first-order chi connectivity index (χ1) is 8.00. The molecule has 1 unspecified atom stereocenters. The van der Waals surface area contributed by atoms with Crippen molar-refractivity contribution in [1.29, 1.82) is 0 Å². The van der Waals surface area contributed by atoms with Gasteiger partial charge in [-0.25, -0.2) is 0 Å². The minimum absolute atomic E-state index is 0.178. The van der Waals surface area contributed by atoms with E-state index in [1.807, 2.05) is 0 Å². The monoisotopic (exact) mass is 243 g/mol. The Morgan fingerprint density at radius 1 is 1.29 bits per heavy atom. The van der Waals surface area contributed by atoms with E-state index in [4.69, 9.17) is 10.8 Å². The van der Waals surface area contributed by atoms with Gasteiger partial charge in [-0.05, 0) is 12.8 Å². The summed E-state index contributed by atoms with van der Waals surface area (Å²) in [7, 11) is 0. The molecule has 0 aromatic heterocycles. The maximum absolute atomic E-state index is 12.0. The van der Waals surface area contributed by atoms with Gasteiger partial charge in [-0.15, -0.1) is 0 Å². The lowest BCUT2D eigenvalue weighted by atomic mass is 10.1. The van der Waals surface area contributed by atoms with Crippen LogP contribution in [0.25, 0.3) is 0 Å². The summed E-state index contributed by atoms with van der Waals surface area (Å²) in [5.41, 5.74) is 5.04. The van der Waals surface area contributed by atoms with Crippen molar-refractivity contribution in [2.75, 3.05) is 19.6 Å². The van der Waals surface area contributed by atoms with Crippen LogP contribution in [0.4, 0.5) is 0 Å². The Hall–Kier alpha value is -1.63. The van der Waals surface area contributed by atoms with Crippen LogP contribution in [0.1, 0.15) is 19.3 Å². The molecular weight excluding hydrogens is 226 g/mol. The third-order valence-electron chi connectivity index (χ3n) is 2.62. The van der Waals surface area contributed by atoms with E-state index in [9.17, 15) is 14.4 Å². The number of amides is 2. The lowest BCUT2D eigenvalue weighted by Crippen LogP contribution is -2.48. The van der Waals surface area contributed by atoms with Crippen LogP contribution < -0.4 is 11.1 Å². The lowest BCUT2D eigenvalue weighted by Gasteiger charge is -2.22. The first kappa shape index (κ1) is 13.4. The van der Waals surface area contributed by atoms with Crippen molar-refractivity contribution in [3.8, 4) is 0 Å². The third kappa shape index (κ3) is 4.39. The van der Waals surface area contributed by atoms with Crippen molar-refractivity contribution >= 4 is 17.8 Å². The highest BCUT2D eigenvalue weighted by Gasteiger charge is 2.27. The van der Waals surface area contributed by atoms with Crippen LogP contribution in [0.15, 0.2) is 0 Å². The molecule has 7 heteroatoms. The van der Waals surface area contributed by atoms with Gasteiger partial charge in [0, 0.05) is 13.1 Å². The molecule has 0 bridgehead atoms. The molecular formula is C10H17N3O4. The molecule has 0 aromatic carbocycles. The maximum Gasteiger partial charge on any atom is 0.317 e. The predicted molar refractivity (Wildman–Crippen MR) is 59.1 cm³/mol. The van der Waals surface area contributed by atoms with Crippen molar-refractivity contribution in [3.63, 3.8) is 0 Å². The second kappa shape index (κ2) is 6.19. The molecule has 0 saturated carbocycles. The van der Waals surface area contributed by atoms with Gasteiger partial charge in [0.05, 0.1) is 19.0 Å². The number of aliphatic carboxylic acids is 1. The number of carboxylic acids is 1. The molecule has 4 N–H and O–H groups in total. The highest BCUT2D eigenvalue weighted by Crippen LogP contribution is 2.10. The fourth-order valence-corrected chi connectivity index (χ4v) is 1.82. The summed E-state index contributed by atoms with van der Waals surface area (Å²) < 4.78 is 0. The number of primary amides is 1. The standard InChI is InChI=1S/C10H17N3O4/c11-8(14)5-7(12-6-9(15)16)10(17)13-3-1-2-4-13/h7,12H,1-6H2,(H2,11,14)(H,15,16). The zero-order chi connectivity index (χ0) is 12.8. The van der Waals surface area contributed by atoms with Crippen LogP contribution >= 0.6 is 0 Å². The number of carbonyl (C=O) groups excluding carboxylic acids is 2. The summed E-state index contributed by atoms with van der Waals surface area (Å²) in [5, 5.41) is 11.1. The molecule has 96 valence electrons. The topological polar surface area (TPSA) is 113 Å². The normalized spacial score (nSPS) is 16.8. The Morgan fingerprint density at radius 2 is 1.88 bits per heavy atom. The van der Waals surface area contributed by atoms with Gasteiger partial charge < -0.3 is 15.7 Å². The molecule has 0 radical (unpaired) electrons. The van der Waals surface area contributed by atoms with Gasteiger partial charge in [0.25, 0.3) is 0 Å². The van der Waals surface area contributed by atoms with Crippen LogP contribution in [-0.4, -0.2) is 53.5 Å². The van der Waals surface area contributed by atoms with E-state index in [1.54, 1.807) is 4.90 Å². The summed E-state index contributed by atoms with van der Waals surface area (Å²) >= 11 is 0. The number of hydrogen-bond donors (Lipinski definition) is 3. The summed E-state index contributed by atoms with van der Waals surface area (Å²) in [6.07, 6.45) is 1.70. The second-order valence-corrected chi connectivity index (χ2v) is 4.03. The minimum Gasteiger partial charge on any atom is -0.480 e. The Kier molecular flexibility index (Phi) is 4.89. The van der Waals surface area contributed by atoms with Gasteiger partial charge in [0.1, 0.15) is 0 Å². The largest absolute Gasteiger partial charge is 0.480 e. The average molecular weight is 243 g/mol. The SMILES string of the molecule is NC(=O)CC(NCC(=O)O)C(=O)N1CCCC1. The van der Waals surface area contributed by atoms with E-state index in [-0.39, 0.29) is 18.9 Å². The van der Waals surface area contributed by atoms with Crippen molar-refractivity contribution in [3.05, 3.63) is 0 Å². The number of nitrogens with zero attached hydrogens (tertiary/aromatic N) is 1. The van der Waals surface area contributed by atoms with Gasteiger partial charge in [-0.3, -0.25) is 19.7 Å². The maximum atomic E-state index is 12.0. The van der Waals surface area contributed by atoms with E-state index in [1.165, 1.54) is 0 Å². The molecule has 1 rings (SSSR count). The summed E-state index contributed by atoms with van der Waals surface area (Å²) in [6.45, 7) is 0.948. The van der Waals surface area contributed by atoms with E-state index in [0.29, 0.717) is 13.1 Å². The van der Waals surface area contributed by atoms with E-state index >= 15 is 0 Å². The van der Waals surface area contributed by atoms with E-state index in [2.05, 4.69) is 5.32 Å². The second-order valence-electron chi connectivity index (χ2n) is 4.03. The summed E-state index contributed by atoms with van der Waals surface area (Å²) in [5.74, 6) is -1.95. The van der Waals surface area contributed by atoms with Gasteiger partial charge >= 0.3 is 5.97 Å². The highest BCUT2D eigenvalue weighted by molar-refractivity contribution is 5.88. The summed E-state index contributed by atoms with van der Waals surface area (Å²) in [6, 6.07) is -0.832. The van der Waals surface area contributed by atoms with E-state index < -0.39 is 17.9 Å². The molecule has 1 heterocycles. The number of carboxylic acid groups (broad SMARTS) is 1. The van der Waals surface area contributed by atoms with Gasteiger partial charge in [-0.1, -0.05) is 0 Å². The lowest BCUT2D eigenvalue weighted by molar-refractivity contribution is -0.138. The molecule has 1 fully saturated rings. The van der Waals surface area contributed by atoms with Crippen molar-refractivity contribution in [2.45, 2.75) is 25.3 Å². The molecule has 1 atom stereocenters. The Bertz CT molecular complexity index is 313. The molecule has 0 spiro atoms. The molecule has 1 aliphatic rings. The molecule has 7 nitrogen and oxygen atoms in total. The molecule has 0 aliphatic carbocycles. The van der Waals surface area contributed by atoms with Gasteiger partial charge in [-0.2, -0.15) is 0 Å². The number of rotatable bonds is 6. The zero-order valence-corrected chi connectivity index (χ0v) is 9.52. The van der Waals surface area contributed by atoms with Crippen molar-refractivity contribution < 1.29 is 19.5 Å². The predicted octanol–water partition coefficient (Wildman–Crippen LogP) is -1.47. The number of hydrogen-bond acceptors (Lipinski definition) is 4. The minimum atomic E-state index is -1.08. The first-order valence-electron chi connectivity index (χ1n) is 5.53. The van der Waals surface area contributed by atoms with Crippen LogP contribution in [0.2, 0.25) is 0 Å².